The second-order valence-corrected chi connectivity index (χ2v) is 4.29. The maximum Gasteiger partial charge on any atom is 0.105 e. The fourth-order valence-electron chi connectivity index (χ4n) is 2.09. The van der Waals surface area contributed by atoms with E-state index in [1.165, 1.54) is 0 Å². The SMILES string of the molecule is Cc1cccc(C2(C#N)C=CC=C(C#N)C2)c1. The predicted molar refractivity (Wildman–Crippen MR) is 65.9 cm³/mol. The molecule has 2 rings (SSSR count). The van der Waals surface area contributed by atoms with Gasteiger partial charge in [0.05, 0.1) is 12.1 Å². The number of aryl methyl sites for hydroxylation is 1. The summed E-state index contributed by atoms with van der Waals surface area (Å²) in [6.07, 6.45) is 5.90. The number of hydrogen-bond donors (Lipinski definition) is 0. The normalized spacial score (nSPS) is 22.4. The Morgan fingerprint density at radius 1 is 1.29 bits per heavy atom. The number of nitriles is 2. The van der Waals surface area contributed by atoms with Crippen LogP contribution in [-0.2, 0) is 5.41 Å². The summed E-state index contributed by atoms with van der Waals surface area (Å²) < 4.78 is 0. The van der Waals surface area contributed by atoms with Gasteiger partial charge in [-0.05, 0) is 18.6 Å². The molecule has 0 amide bonds. The average Bonchev–Trinajstić information content (AvgIpc) is 2.38. The maximum absolute atomic E-state index is 9.46. The molecule has 1 aromatic carbocycles. The molecule has 0 spiro atoms. The van der Waals surface area contributed by atoms with Crippen LogP contribution in [0.2, 0.25) is 0 Å². The Hall–Kier alpha value is -2.32. The van der Waals surface area contributed by atoms with Gasteiger partial charge in [0, 0.05) is 12.0 Å². The first kappa shape index (κ1) is 11.2. The molecule has 0 saturated heterocycles. The van der Waals surface area contributed by atoms with Crippen LogP contribution in [0.15, 0.2) is 48.1 Å². The largest absolute Gasteiger partial charge is 0.197 e. The van der Waals surface area contributed by atoms with Gasteiger partial charge < -0.3 is 0 Å². The Morgan fingerprint density at radius 3 is 2.76 bits per heavy atom. The van der Waals surface area contributed by atoms with Crippen LogP contribution in [0.25, 0.3) is 0 Å². The van der Waals surface area contributed by atoms with E-state index in [4.69, 9.17) is 5.26 Å². The van der Waals surface area contributed by atoms with Gasteiger partial charge in [0.1, 0.15) is 5.41 Å². The molecular formula is C15H12N2. The van der Waals surface area contributed by atoms with Crippen molar-refractivity contribution in [2.45, 2.75) is 18.8 Å². The molecule has 0 aromatic heterocycles. The van der Waals surface area contributed by atoms with E-state index in [0.29, 0.717) is 12.0 Å². The summed E-state index contributed by atoms with van der Waals surface area (Å²) in [5.41, 5.74) is 2.04. The van der Waals surface area contributed by atoms with Crippen LogP contribution >= 0.6 is 0 Å². The topological polar surface area (TPSA) is 47.6 Å². The van der Waals surface area contributed by atoms with Crippen molar-refractivity contribution in [2.24, 2.45) is 0 Å². The molecule has 2 heteroatoms. The highest BCUT2D eigenvalue weighted by Gasteiger charge is 2.32. The summed E-state index contributed by atoms with van der Waals surface area (Å²) in [4.78, 5) is 0. The van der Waals surface area contributed by atoms with E-state index in [9.17, 15) is 5.26 Å². The van der Waals surface area contributed by atoms with Crippen molar-refractivity contribution in [1.29, 1.82) is 10.5 Å². The predicted octanol–water partition coefficient (Wildman–Crippen LogP) is 3.17. The molecule has 2 nitrogen and oxygen atoms in total. The number of rotatable bonds is 1. The van der Waals surface area contributed by atoms with Gasteiger partial charge in [0.25, 0.3) is 0 Å². The summed E-state index contributed by atoms with van der Waals surface area (Å²) in [5.74, 6) is 0. The zero-order valence-corrected chi connectivity index (χ0v) is 9.64. The molecule has 0 bridgehead atoms. The van der Waals surface area contributed by atoms with Crippen LogP contribution in [0.1, 0.15) is 17.5 Å². The Kier molecular flexibility index (Phi) is 2.81. The summed E-state index contributed by atoms with van der Waals surface area (Å²) in [7, 11) is 0. The zero-order chi connectivity index (χ0) is 12.3. The summed E-state index contributed by atoms with van der Waals surface area (Å²) in [5, 5.41) is 18.4. The van der Waals surface area contributed by atoms with E-state index in [2.05, 4.69) is 12.1 Å². The quantitative estimate of drug-likeness (QED) is 0.729. The second kappa shape index (κ2) is 4.28. The lowest BCUT2D eigenvalue weighted by Crippen LogP contribution is -2.23. The molecule has 0 radical (unpaired) electrons. The highest BCUT2D eigenvalue weighted by Crippen LogP contribution is 2.35. The Balaban J connectivity index is 2.49. The molecule has 0 aliphatic heterocycles. The third kappa shape index (κ3) is 1.98. The summed E-state index contributed by atoms with van der Waals surface area (Å²) in [6, 6.07) is 12.4. The number of allylic oxidation sites excluding steroid dienone is 4. The number of nitrogens with zero attached hydrogens (tertiary/aromatic N) is 2. The molecule has 82 valence electrons. The first-order valence-electron chi connectivity index (χ1n) is 5.47. The van der Waals surface area contributed by atoms with Crippen LogP contribution < -0.4 is 0 Å². The molecule has 1 aliphatic carbocycles. The Bertz CT molecular complexity index is 582. The first-order valence-corrected chi connectivity index (χ1v) is 5.47. The molecule has 0 fully saturated rings. The van der Waals surface area contributed by atoms with Crippen molar-refractivity contribution in [3.05, 3.63) is 59.2 Å². The monoisotopic (exact) mass is 220 g/mol. The Morgan fingerprint density at radius 2 is 2.12 bits per heavy atom. The average molecular weight is 220 g/mol. The van der Waals surface area contributed by atoms with Crippen LogP contribution in [0.5, 0.6) is 0 Å². The highest BCUT2D eigenvalue weighted by atomic mass is 14.4. The minimum absolute atomic E-state index is 0.458. The van der Waals surface area contributed by atoms with Gasteiger partial charge >= 0.3 is 0 Å². The van der Waals surface area contributed by atoms with Crippen molar-refractivity contribution in [2.75, 3.05) is 0 Å². The molecule has 1 aromatic rings. The fourth-order valence-corrected chi connectivity index (χ4v) is 2.09. The lowest BCUT2D eigenvalue weighted by molar-refractivity contribution is 0.676. The van der Waals surface area contributed by atoms with Crippen molar-refractivity contribution < 1.29 is 0 Å². The maximum atomic E-state index is 9.46. The minimum Gasteiger partial charge on any atom is -0.197 e. The molecule has 0 heterocycles. The van der Waals surface area contributed by atoms with E-state index in [1.807, 2.05) is 37.3 Å². The number of hydrogen-bond acceptors (Lipinski definition) is 2. The van der Waals surface area contributed by atoms with E-state index in [0.717, 1.165) is 11.1 Å². The van der Waals surface area contributed by atoms with Gasteiger partial charge in [-0.25, -0.2) is 0 Å². The van der Waals surface area contributed by atoms with E-state index >= 15 is 0 Å². The highest BCUT2D eigenvalue weighted by molar-refractivity contribution is 5.48. The van der Waals surface area contributed by atoms with Gasteiger partial charge in [-0.1, -0.05) is 42.0 Å². The fraction of sp³-hybridized carbons (Fsp3) is 0.200. The van der Waals surface area contributed by atoms with Gasteiger partial charge in [-0.15, -0.1) is 0 Å². The van der Waals surface area contributed by atoms with Crippen LogP contribution in [0.4, 0.5) is 0 Å². The Labute approximate surface area is 101 Å². The van der Waals surface area contributed by atoms with E-state index in [-0.39, 0.29) is 0 Å². The lowest BCUT2D eigenvalue weighted by atomic mass is 9.74. The standard InChI is InChI=1S/C15H12N2/c1-12-4-2-6-14(8-12)15(11-17)7-3-5-13(9-15)10-16/h2-8H,9H2,1H3. The third-order valence-corrected chi connectivity index (χ3v) is 3.02. The molecule has 17 heavy (non-hydrogen) atoms. The molecule has 1 atom stereocenters. The lowest BCUT2D eigenvalue weighted by Gasteiger charge is -2.25. The smallest absolute Gasteiger partial charge is 0.105 e. The van der Waals surface area contributed by atoms with Gasteiger partial charge in [0.2, 0.25) is 0 Å². The van der Waals surface area contributed by atoms with Crippen LogP contribution in [-0.4, -0.2) is 0 Å². The number of benzene rings is 1. The molecule has 0 N–H and O–H groups in total. The van der Waals surface area contributed by atoms with Crippen molar-refractivity contribution >= 4 is 0 Å². The van der Waals surface area contributed by atoms with Crippen molar-refractivity contribution in [1.82, 2.24) is 0 Å². The van der Waals surface area contributed by atoms with Gasteiger partial charge in [-0.2, -0.15) is 10.5 Å². The summed E-state index contributed by atoms with van der Waals surface area (Å²) in [6.45, 7) is 2.00. The molecular weight excluding hydrogens is 208 g/mol. The summed E-state index contributed by atoms with van der Waals surface area (Å²) >= 11 is 0. The van der Waals surface area contributed by atoms with E-state index < -0.39 is 5.41 Å². The van der Waals surface area contributed by atoms with Crippen molar-refractivity contribution in [3.63, 3.8) is 0 Å². The molecule has 1 unspecified atom stereocenters. The minimum atomic E-state index is -0.689. The van der Waals surface area contributed by atoms with Crippen LogP contribution in [0.3, 0.4) is 0 Å². The first-order chi connectivity index (χ1) is 8.20. The third-order valence-electron chi connectivity index (χ3n) is 3.02. The second-order valence-electron chi connectivity index (χ2n) is 4.29. The van der Waals surface area contributed by atoms with Gasteiger partial charge in [-0.3, -0.25) is 0 Å². The van der Waals surface area contributed by atoms with E-state index in [1.54, 1.807) is 12.2 Å². The van der Waals surface area contributed by atoms with Crippen molar-refractivity contribution in [3.8, 4) is 12.1 Å². The molecule has 1 aliphatic rings. The van der Waals surface area contributed by atoms with Crippen LogP contribution in [0, 0.1) is 29.6 Å². The molecule has 0 saturated carbocycles. The van der Waals surface area contributed by atoms with Gasteiger partial charge in [0.15, 0.2) is 0 Å². The zero-order valence-electron chi connectivity index (χ0n) is 9.64.